The second kappa shape index (κ2) is 8.21. The van der Waals surface area contributed by atoms with Gasteiger partial charge in [0.2, 0.25) is 0 Å². The molecule has 0 unspecified atom stereocenters. The minimum Gasteiger partial charge on any atom is -0.508 e. The molecule has 0 spiro atoms. The van der Waals surface area contributed by atoms with Crippen LogP contribution < -0.4 is 5.32 Å². The van der Waals surface area contributed by atoms with Gasteiger partial charge in [0.25, 0.3) is 0 Å². The Morgan fingerprint density at radius 1 is 1.06 bits per heavy atom. The summed E-state index contributed by atoms with van der Waals surface area (Å²) in [4.78, 5) is 2.48. The molecule has 0 radical (unpaired) electrons. The summed E-state index contributed by atoms with van der Waals surface area (Å²) in [6.07, 6.45) is 4.56. The Balaban J connectivity index is 1.54. The number of aromatic nitrogens is 2. The lowest BCUT2D eigenvalue weighted by Crippen LogP contribution is -2.61. The van der Waals surface area contributed by atoms with Crippen molar-refractivity contribution in [3.05, 3.63) is 60.7 Å². The molecule has 1 aromatic heterocycles. The van der Waals surface area contributed by atoms with Gasteiger partial charge in [-0.15, -0.1) is 16.8 Å². The zero-order chi connectivity index (χ0) is 23.1. The maximum absolute atomic E-state index is 10.2. The van der Waals surface area contributed by atoms with Gasteiger partial charge < -0.3 is 10.4 Å². The van der Waals surface area contributed by atoms with Gasteiger partial charge in [0, 0.05) is 28.2 Å². The first-order chi connectivity index (χ1) is 15.1. The fraction of sp³-hybridized carbons (Fsp3) is 0.407. The largest absolute Gasteiger partial charge is 0.508 e. The monoisotopic (exact) mass is 430 g/mol. The molecular weight excluding hydrogens is 396 g/mol. The van der Waals surface area contributed by atoms with E-state index in [1.165, 1.54) is 0 Å². The molecule has 1 aliphatic rings. The van der Waals surface area contributed by atoms with Gasteiger partial charge in [0.05, 0.1) is 5.69 Å². The number of aromatic hydroxyl groups is 1. The number of rotatable bonds is 5. The SMILES string of the molecule is C=CCc1c(O)ccc2cc(-c3ccc(NC4CC(C)(C)N(C)C(C)(C)C4)nn3)ccc12. The fourth-order valence-electron chi connectivity index (χ4n) is 5.15. The van der Waals surface area contributed by atoms with Gasteiger partial charge in [-0.25, -0.2) is 0 Å². The van der Waals surface area contributed by atoms with Crippen molar-refractivity contribution in [2.45, 2.75) is 64.1 Å². The lowest BCUT2D eigenvalue weighted by molar-refractivity contribution is -0.00773. The van der Waals surface area contributed by atoms with Crippen molar-refractivity contribution in [2.75, 3.05) is 12.4 Å². The molecule has 4 rings (SSSR count). The van der Waals surface area contributed by atoms with Crippen molar-refractivity contribution in [1.82, 2.24) is 15.1 Å². The first-order valence-corrected chi connectivity index (χ1v) is 11.3. The molecule has 3 aromatic rings. The lowest BCUT2D eigenvalue weighted by Gasteiger charge is -2.53. The van der Waals surface area contributed by atoms with Gasteiger partial charge in [-0.1, -0.05) is 24.3 Å². The molecule has 2 N–H and O–H groups in total. The van der Waals surface area contributed by atoms with E-state index in [9.17, 15) is 5.11 Å². The fourth-order valence-corrected chi connectivity index (χ4v) is 5.15. The standard InChI is InChI=1S/C27H34N4O/c1-7-8-22-21-11-9-19(15-18(21)10-13-24(22)32)23-12-14-25(30-29-23)28-20-16-26(2,3)31(6)27(4,5)17-20/h7,9-15,20,32H,1,8,16-17H2,2-6H3,(H,28,30). The summed E-state index contributed by atoms with van der Waals surface area (Å²) in [6.45, 7) is 13.0. The summed E-state index contributed by atoms with van der Waals surface area (Å²) in [7, 11) is 2.22. The molecule has 0 bridgehead atoms. The number of fused-ring (bicyclic) bond motifs is 1. The zero-order valence-electron chi connectivity index (χ0n) is 19.8. The number of anilines is 1. The van der Waals surface area contributed by atoms with Crippen LogP contribution in [0.4, 0.5) is 5.82 Å². The average molecular weight is 431 g/mol. The van der Waals surface area contributed by atoms with Gasteiger partial charge in [0.1, 0.15) is 11.6 Å². The number of nitrogens with one attached hydrogen (secondary N) is 1. The molecule has 2 aromatic carbocycles. The Hall–Kier alpha value is -2.92. The van der Waals surface area contributed by atoms with Crippen molar-refractivity contribution in [3.8, 4) is 17.0 Å². The van der Waals surface area contributed by atoms with Crippen LogP contribution in [0.1, 0.15) is 46.1 Å². The molecule has 5 heteroatoms. The number of hydrogen-bond acceptors (Lipinski definition) is 5. The number of likely N-dealkylation sites (tertiary alicyclic amines) is 1. The number of phenols is 1. The first-order valence-electron chi connectivity index (χ1n) is 11.3. The van der Waals surface area contributed by atoms with Crippen LogP contribution in [-0.2, 0) is 6.42 Å². The van der Waals surface area contributed by atoms with Crippen LogP contribution in [0, 0.1) is 0 Å². The van der Waals surface area contributed by atoms with E-state index in [0.29, 0.717) is 18.2 Å². The highest BCUT2D eigenvalue weighted by Crippen LogP contribution is 2.38. The van der Waals surface area contributed by atoms with Crippen molar-refractivity contribution < 1.29 is 5.11 Å². The molecule has 0 saturated carbocycles. The number of benzene rings is 2. The summed E-state index contributed by atoms with van der Waals surface area (Å²) >= 11 is 0. The maximum atomic E-state index is 10.2. The van der Waals surface area contributed by atoms with Crippen LogP contribution in [0.15, 0.2) is 55.1 Å². The molecule has 1 saturated heterocycles. The molecule has 2 heterocycles. The van der Waals surface area contributed by atoms with Crippen molar-refractivity contribution in [2.24, 2.45) is 0 Å². The Morgan fingerprint density at radius 3 is 2.41 bits per heavy atom. The predicted octanol–water partition coefficient (Wildman–Crippen LogP) is 5.79. The summed E-state index contributed by atoms with van der Waals surface area (Å²) in [5.41, 5.74) is 2.99. The van der Waals surface area contributed by atoms with E-state index in [1.807, 2.05) is 36.4 Å². The van der Waals surface area contributed by atoms with E-state index in [4.69, 9.17) is 0 Å². The van der Waals surface area contributed by atoms with Crippen molar-refractivity contribution in [1.29, 1.82) is 0 Å². The quantitative estimate of drug-likeness (QED) is 0.501. The van der Waals surface area contributed by atoms with Crippen LogP contribution >= 0.6 is 0 Å². The van der Waals surface area contributed by atoms with E-state index in [0.717, 1.165) is 46.3 Å². The zero-order valence-corrected chi connectivity index (χ0v) is 19.8. The summed E-state index contributed by atoms with van der Waals surface area (Å²) < 4.78 is 0. The summed E-state index contributed by atoms with van der Waals surface area (Å²) in [6, 6.07) is 14.3. The summed E-state index contributed by atoms with van der Waals surface area (Å²) in [5.74, 6) is 1.12. The highest BCUT2D eigenvalue weighted by atomic mass is 16.3. The van der Waals surface area contributed by atoms with Crippen LogP contribution in [0.5, 0.6) is 5.75 Å². The highest BCUT2D eigenvalue weighted by molar-refractivity contribution is 5.91. The average Bonchev–Trinajstić information content (AvgIpc) is 2.74. The Bertz CT molecular complexity index is 1120. The first kappa shape index (κ1) is 22.3. The highest BCUT2D eigenvalue weighted by Gasteiger charge is 2.43. The van der Waals surface area contributed by atoms with E-state index < -0.39 is 0 Å². The molecule has 168 valence electrons. The van der Waals surface area contributed by atoms with Crippen LogP contribution in [0.2, 0.25) is 0 Å². The Kier molecular flexibility index (Phi) is 5.72. The van der Waals surface area contributed by atoms with Crippen LogP contribution in [0.25, 0.3) is 22.0 Å². The minimum atomic E-state index is 0.122. The molecule has 0 atom stereocenters. The topological polar surface area (TPSA) is 61.3 Å². The van der Waals surface area contributed by atoms with Gasteiger partial charge in [-0.3, -0.25) is 4.90 Å². The minimum absolute atomic E-state index is 0.122. The van der Waals surface area contributed by atoms with E-state index in [2.05, 4.69) is 67.8 Å². The van der Waals surface area contributed by atoms with E-state index in [1.54, 1.807) is 6.07 Å². The van der Waals surface area contributed by atoms with Gasteiger partial charge in [0.15, 0.2) is 0 Å². The molecule has 0 amide bonds. The van der Waals surface area contributed by atoms with Crippen LogP contribution in [-0.4, -0.2) is 44.4 Å². The maximum Gasteiger partial charge on any atom is 0.148 e. The molecule has 1 aliphatic heterocycles. The number of nitrogens with zero attached hydrogens (tertiary/aromatic N) is 3. The molecule has 32 heavy (non-hydrogen) atoms. The molecule has 1 fully saturated rings. The number of hydrogen-bond donors (Lipinski definition) is 2. The normalized spacial score (nSPS) is 18.5. The van der Waals surface area contributed by atoms with E-state index >= 15 is 0 Å². The predicted molar refractivity (Wildman–Crippen MR) is 133 cm³/mol. The van der Waals surface area contributed by atoms with Crippen LogP contribution in [0.3, 0.4) is 0 Å². The molecule has 5 nitrogen and oxygen atoms in total. The lowest BCUT2D eigenvalue weighted by atomic mass is 9.77. The smallest absolute Gasteiger partial charge is 0.148 e. The molecular formula is C27H34N4O. The van der Waals surface area contributed by atoms with Crippen molar-refractivity contribution in [3.63, 3.8) is 0 Å². The molecule has 0 aliphatic carbocycles. The third-order valence-electron chi connectivity index (χ3n) is 7.08. The van der Waals surface area contributed by atoms with Gasteiger partial charge in [-0.2, -0.15) is 0 Å². The van der Waals surface area contributed by atoms with E-state index in [-0.39, 0.29) is 11.1 Å². The third kappa shape index (κ3) is 4.22. The Morgan fingerprint density at radius 2 is 1.78 bits per heavy atom. The Labute approximate surface area is 191 Å². The number of phenolic OH excluding ortho intramolecular Hbond substituents is 1. The number of allylic oxidation sites excluding steroid dienone is 1. The second-order valence-corrected chi connectivity index (χ2v) is 10.2. The third-order valence-corrected chi connectivity index (χ3v) is 7.08. The second-order valence-electron chi connectivity index (χ2n) is 10.2. The van der Waals surface area contributed by atoms with Gasteiger partial charge in [-0.05, 0) is 89.0 Å². The summed E-state index contributed by atoms with van der Waals surface area (Å²) in [5, 5.41) is 24.9. The number of piperidine rings is 1. The van der Waals surface area contributed by atoms with Gasteiger partial charge >= 0.3 is 0 Å². The van der Waals surface area contributed by atoms with Crippen molar-refractivity contribution >= 4 is 16.6 Å².